The van der Waals surface area contributed by atoms with E-state index in [1.165, 1.54) is 0 Å². The van der Waals surface area contributed by atoms with Crippen molar-refractivity contribution in [3.8, 4) is 0 Å². The van der Waals surface area contributed by atoms with Gasteiger partial charge in [-0.25, -0.2) is 20.0 Å². The third-order valence-corrected chi connectivity index (χ3v) is 1.40. The number of carbonyl (C=O) groups excluding carboxylic acids is 1. The Balaban J connectivity index is 4.19. The molecular formula is C9H18N2O5. The summed E-state index contributed by atoms with van der Waals surface area (Å²) in [6.07, 6.45) is -1.91. The number of hydrazine groups is 1. The van der Waals surface area contributed by atoms with Crippen LogP contribution >= 0.6 is 0 Å². The molecule has 0 aromatic carbocycles. The van der Waals surface area contributed by atoms with E-state index in [0.717, 1.165) is 0 Å². The van der Waals surface area contributed by atoms with E-state index in [9.17, 15) is 9.59 Å². The smallest absolute Gasteiger partial charge is 0.426 e. The molecule has 7 nitrogen and oxygen atoms in total. The number of hydrogen-bond donors (Lipinski definition) is 3. The average Bonchev–Trinajstić information content (AvgIpc) is 2.08. The van der Waals surface area contributed by atoms with Gasteiger partial charge in [0.25, 0.3) is 0 Å². The molecule has 0 aliphatic heterocycles. The van der Waals surface area contributed by atoms with Crippen molar-refractivity contribution in [3.05, 3.63) is 0 Å². The highest BCUT2D eigenvalue weighted by Crippen LogP contribution is 2.06. The van der Waals surface area contributed by atoms with Gasteiger partial charge in [0.15, 0.2) is 0 Å². The summed E-state index contributed by atoms with van der Waals surface area (Å²) in [7, 11) is 0. The van der Waals surface area contributed by atoms with Crippen LogP contribution in [0.1, 0.15) is 27.2 Å². The maximum atomic E-state index is 11.2. The number of carbonyl (C=O) groups is 2. The number of aliphatic hydroxyl groups excluding tert-OH is 1. The first-order valence-corrected chi connectivity index (χ1v) is 4.87. The van der Waals surface area contributed by atoms with Crippen LogP contribution in [0.4, 0.5) is 9.59 Å². The topological polar surface area (TPSA) is 99.1 Å². The molecule has 0 heterocycles. The number of carboxylic acid groups (broad SMARTS) is 1. The molecule has 7 heteroatoms. The number of hydrogen-bond acceptors (Lipinski definition) is 4. The van der Waals surface area contributed by atoms with Gasteiger partial charge < -0.3 is 14.9 Å². The Morgan fingerprint density at radius 3 is 2.31 bits per heavy atom. The Kier molecular flexibility index (Phi) is 5.59. The van der Waals surface area contributed by atoms with Gasteiger partial charge >= 0.3 is 12.2 Å². The van der Waals surface area contributed by atoms with E-state index in [0.29, 0.717) is 5.01 Å². The molecule has 0 saturated carbocycles. The number of nitrogens with one attached hydrogen (secondary N) is 1. The Labute approximate surface area is 94.0 Å². The molecule has 16 heavy (non-hydrogen) atoms. The van der Waals surface area contributed by atoms with Gasteiger partial charge in [0.1, 0.15) is 5.60 Å². The first kappa shape index (κ1) is 14.5. The molecule has 0 unspecified atom stereocenters. The molecule has 0 saturated heterocycles. The van der Waals surface area contributed by atoms with Crippen LogP contribution in [0, 0.1) is 0 Å². The lowest BCUT2D eigenvalue weighted by molar-refractivity contribution is 0.0322. The molecule has 94 valence electrons. The van der Waals surface area contributed by atoms with Crippen molar-refractivity contribution in [1.29, 1.82) is 0 Å². The average molecular weight is 234 g/mol. The summed E-state index contributed by atoms with van der Waals surface area (Å²) in [6, 6.07) is 0. The summed E-state index contributed by atoms with van der Waals surface area (Å²) in [6.45, 7) is 4.87. The first-order chi connectivity index (χ1) is 7.26. The highest BCUT2D eigenvalue weighted by molar-refractivity contribution is 5.72. The fraction of sp³-hybridized carbons (Fsp3) is 0.778. The van der Waals surface area contributed by atoms with E-state index in [-0.39, 0.29) is 19.6 Å². The molecular weight excluding hydrogens is 216 g/mol. The maximum absolute atomic E-state index is 11.2. The summed E-state index contributed by atoms with van der Waals surface area (Å²) in [5.41, 5.74) is 1.38. The van der Waals surface area contributed by atoms with E-state index in [4.69, 9.17) is 14.9 Å². The second-order valence-corrected chi connectivity index (χ2v) is 4.13. The van der Waals surface area contributed by atoms with Crippen molar-refractivity contribution in [1.82, 2.24) is 10.4 Å². The summed E-state index contributed by atoms with van der Waals surface area (Å²) < 4.78 is 4.88. The van der Waals surface area contributed by atoms with Gasteiger partial charge in [0, 0.05) is 13.2 Å². The predicted octanol–water partition coefficient (Wildman–Crippen LogP) is 0.789. The zero-order valence-corrected chi connectivity index (χ0v) is 9.69. The molecule has 0 aliphatic rings. The van der Waals surface area contributed by atoms with Crippen molar-refractivity contribution >= 4 is 12.2 Å². The summed E-state index contributed by atoms with van der Waals surface area (Å²) >= 11 is 0. The van der Waals surface area contributed by atoms with Crippen molar-refractivity contribution in [2.75, 3.05) is 13.2 Å². The summed E-state index contributed by atoms with van der Waals surface area (Å²) in [5, 5.41) is 17.9. The van der Waals surface area contributed by atoms with Crippen LogP contribution in [-0.2, 0) is 4.74 Å². The third kappa shape index (κ3) is 6.88. The minimum atomic E-state index is -1.31. The van der Waals surface area contributed by atoms with Gasteiger partial charge in [-0.15, -0.1) is 0 Å². The number of amides is 2. The molecule has 0 aromatic rings. The highest BCUT2D eigenvalue weighted by Gasteiger charge is 2.20. The van der Waals surface area contributed by atoms with Gasteiger partial charge in [0.2, 0.25) is 0 Å². The normalized spacial score (nSPS) is 10.8. The Morgan fingerprint density at radius 2 is 1.94 bits per heavy atom. The molecule has 3 N–H and O–H groups in total. The lowest BCUT2D eigenvalue weighted by Gasteiger charge is -2.24. The van der Waals surface area contributed by atoms with Gasteiger partial charge in [0.05, 0.1) is 0 Å². The Hall–Kier alpha value is -1.50. The molecule has 0 aliphatic carbocycles. The maximum Gasteiger partial charge on any atom is 0.426 e. The van der Waals surface area contributed by atoms with Crippen molar-refractivity contribution in [2.45, 2.75) is 32.8 Å². The van der Waals surface area contributed by atoms with Crippen LogP contribution in [0.3, 0.4) is 0 Å². The number of aliphatic hydroxyl groups is 1. The van der Waals surface area contributed by atoms with E-state index >= 15 is 0 Å². The fourth-order valence-electron chi connectivity index (χ4n) is 0.839. The van der Waals surface area contributed by atoms with Crippen molar-refractivity contribution in [3.63, 3.8) is 0 Å². The van der Waals surface area contributed by atoms with Crippen molar-refractivity contribution < 1.29 is 24.5 Å². The Morgan fingerprint density at radius 1 is 1.38 bits per heavy atom. The zero-order valence-electron chi connectivity index (χ0n) is 9.69. The fourth-order valence-corrected chi connectivity index (χ4v) is 0.839. The molecule has 0 bridgehead atoms. The molecule has 0 atom stereocenters. The Bertz CT molecular complexity index is 249. The van der Waals surface area contributed by atoms with Crippen LogP contribution in [0.25, 0.3) is 0 Å². The number of nitrogens with zero attached hydrogens (tertiary/aromatic N) is 1. The quantitative estimate of drug-likeness (QED) is 0.627. The second kappa shape index (κ2) is 6.16. The predicted molar refractivity (Wildman–Crippen MR) is 55.8 cm³/mol. The largest absolute Gasteiger partial charge is 0.464 e. The van der Waals surface area contributed by atoms with Gasteiger partial charge in [-0.3, -0.25) is 0 Å². The summed E-state index contributed by atoms with van der Waals surface area (Å²) in [5.74, 6) is 0. The summed E-state index contributed by atoms with van der Waals surface area (Å²) in [4.78, 5) is 21.9. The number of rotatable bonds is 3. The molecule has 0 rings (SSSR count). The lowest BCUT2D eigenvalue weighted by Crippen LogP contribution is -2.48. The van der Waals surface area contributed by atoms with Crippen LogP contribution in [0.5, 0.6) is 0 Å². The van der Waals surface area contributed by atoms with Gasteiger partial charge in [-0.05, 0) is 27.2 Å². The monoisotopic (exact) mass is 234 g/mol. The van der Waals surface area contributed by atoms with Crippen LogP contribution in [0.2, 0.25) is 0 Å². The lowest BCUT2D eigenvalue weighted by atomic mass is 10.2. The van der Waals surface area contributed by atoms with Gasteiger partial charge in [-0.2, -0.15) is 0 Å². The van der Waals surface area contributed by atoms with Crippen molar-refractivity contribution in [2.24, 2.45) is 0 Å². The SMILES string of the molecule is CC(C)(C)OC(=O)NN(CCCO)C(=O)O. The van der Waals surface area contributed by atoms with E-state index in [1.54, 1.807) is 20.8 Å². The molecule has 0 spiro atoms. The first-order valence-electron chi connectivity index (χ1n) is 4.87. The van der Waals surface area contributed by atoms with Crippen LogP contribution < -0.4 is 5.43 Å². The zero-order chi connectivity index (χ0) is 12.8. The van der Waals surface area contributed by atoms with E-state index in [2.05, 4.69) is 5.43 Å². The van der Waals surface area contributed by atoms with Gasteiger partial charge in [-0.1, -0.05) is 0 Å². The van der Waals surface area contributed by atoms with E-state index < -0.39 is 17.8 Å². The number of ether oxygens (including phenoxy) is 1. The van der Waals surface area contributed by atoms with Crippen LogP contribution in [0.15, 0.2) is 0 Å². The molecule has 0 radical (unpaired) electrons. The minimum absolute atomic E-state index is 0.00504. The molecule has 0 aromatic heterocycles. The van der Waals surface area contributed by atoms with Crippen LogP contribution in [-0.4, -0.2) is 46.2 Å². The third-order valence-electron chi connectivity index (χ3n) is 1.40. The standard InChI is InChI=1S/C9H18N2O5/c1-9(2,3)16-7(13)10-11(8(14)15)5-4-6-12/h12H,4-6H2,1-3H3,(H,10,13)(H,14,15). The second-order valence-electron chi connectivity index (χ2n) is 4.13. The molecule has 0 fully saturated rings. The van der Waals surface area contributed by atoms with E-state index in [1.807, 2.05) is 0 Å². The minimum Gasteiger partial charge on any atom is -0.464 e. The molecule has 2 amide bonds. The highest BCUT2D eigenvalue weighted by atomic mass is 16.6.